The smallest absolute Gasteiger partial charge is 0.300 e. The van der Waals surface area contributed by atoms with Crippen LogP contribution in [0.1, 0.15) is 5.56 Å². The van der Waals surface area contributed by atoms with E-state index in [1.165, 1.54) is 15.7 Å². The summed E-state index contributed by atoms with van der Waals surface area (Å²) in [4.78, 5) is 28.7. The van der Waals surface area contributed by atoms with Crippen LogP contribution < -0.4 is 11.0 Å². The summed E-state index contributed by atoms with van der Waals surface area (Å²) in [5, 5.41) is 7.38. The van der Waals surface area contributed by atoms with Gasteiger partial charge in [0.25, 0.3) is 0 Å². The van der Waals surface area contributed by atoms with Crippen molar-refractivity contribution in [2.75, 3.05) is 5.32 Å². The van der Waals surface area contributed by atoms with Gasteiger partial charge in [0.1, 0.15) is 6.54 Å². The third-order valence-corrected chi connectivity index (χ3v) is 4.51. The first kappa shape index (κ1) is 14.6. The number of nitrogens with one attached hydrogen (secondary N) is 1. The van der Waals surface area contributed by atoms with Crippen molar-refractivity contribution >= 4 is 38.2 Å². The topological polar surface area (TPSA) is 81.3 Å². The molecule has 0 fully saturated rings. The van der Waals surface area contributed by atoms with Gasteiger partial charge in [-0.3, -0.25) is 9.20 Å². The highest BCUT2D eigenvalue weighted by Crippen LogP contribution is 2.26. The van der Waals surface area contributed by atoms with E-state index in [0.717, 1.165) is 20.5 Å². The molecule has 3 heterocycles. The van der Waals surface area contributed by atoms with Crippen LogP contribution in [0.25, 0.3) is 15.9 Å². The molecule has 3 aromatic heterocycles. The molecule has 24 heavy (non-hydrogen) atoms. The van der Waals surface area contributed by atoms with Gasteiger partial charge in [-0.15, -0.1) is 5.10 Å². The highest BCUT2D eigenvalue weighted by molar-refractivity contribution is 7.22. The van der Waals surface area contributed by atoms with Crippen LogP contribution in [0.15, 0.2) is 47.4 Å². The zero-order valence-electron chi connectivity index (χ0n) is 12.8. The van der Waals surface area contributed by atoms with Crippen LogP contribution in [-0.2, 0) is 11.3 Å². The zero-order valence-corrected chi connectivity index (χ0v) is 13.6. The second-order valence-electron chi connectivity index (χ2n) is 5.41. The molecule has 1 aromatic carbocycles. The van der Waals surface area contributed by atoms with E-state index in [1.54, 1.807) is 24.4 Å². The van der Waals surface area contributed by atoms with Gasteiger partial charge in [0.15, 0.2) is 10.8 Å². The molecule has 0 aliphatic rings. The summed E-state index contributed by atoms with van der Waals surface area (Å²) in [6.45, 7) is 1.85. The lowest BCUT2D eigenvalue weighted by Gasteiger charge is -1.99. The van der Waals surface area contributed by atoms with Gasteiger partial charge in [-0.05, 0) is 36.8 Å². The monoisotopic (exact) mass is 339 g/mol. The summed E-state index contributed by atoms with van der Waals surface area (Å²) in [5.41, 5.74) is 2.14. The number of pyridine rings is 1. The van der Waals surface area contributed by atoms with E-state index in [-0.39, 0.29) is 18.1 Å². The van der Waals surface area contributed by atoms with Crippen molar-refractivity contribution in [1.82, 2.24) is 19.2 Å². The fourth-order valence-corrected chi connectivity index (χ4v) is 3.43. The van der Waals surface area contributed by atoms with Gasteiger partial charge in [0.05, 0.1) is 10.2 Å². The predicted octanol–water partition coefficient (Wildman–Crippen LogP) is 2.05. The molecule has 120 valence electrons. The summed E-state index contributed by atoms with van der Waals surface area (Å²) in [5.74, 6) is -0.337. The number of thiazole rings is 1. The average molecular weight is 339 g/mol. The first-order valence-corrected chi connectivity index (χ1v) is 8.13. The molecule has 4 rings (SSSR count). The number of fused-ring (bicyclic) bond motifs is 2. The van der Waals surface area contributed by atoms with Crippen LogP contribution in [0.3, 0.4) is 0 Å². The predicted molar refractivity (Wildman–Crippen MR) is 92.4 cm³/mol. The standard InChI is InChI=1S/C16H13N5O2S/c1-10-5-6-11-12(8-10)24-15(17-11)18-14(22)9-21-16(23)20-7-3-2-4-13(20)19-21/h2-8H,9H2,1H3,(H,17,18,22). The minimum atomic E-state index is -0.347. The third kappa shape index (κ3) is 2.56. The number of anilines is 1. The number of aromatic nitrogens is 4. The van der Waals surface area contributed by atoms with Crippen LogP contribution in [0.2, 0.25) is 0 Å². The number of aryl methyl sites for hydroxylation is 1. The molecular formula is C16H13N5O2S. The van der Waals surface area contributed by atoms with Crippen LogP contribution in [0.4, 0.5) is 5.13 Å². The van der Waals surface area contributed by atoms with Crippen molar-refractivity contribution in [3.8, 4) is 0 Å². The molecule has 1 amide bonds. The van der Waals surface area contributed by atoms with Gasteiger partial charge in [-0.2, -0.15) is 0 Å². The maximum absolute atomic E-state index is 12.2. The normalized spacial score (nSPS) is 11.2. The Morgan fingerprint density at radius 2 is 2.17 bits per heavy atom. The Kier molecular flexibility index (Phi) is 3.39. The Morgan fingerprint density at radius 3 is 3.00 bits per heavy atom. The molecule has 0 aliphatic carbocycles. The van der Waals surface area contributed by atoms with Crippen LogP contribution in [0, 0.1) is 6.92 Å². The zero-order chi connectivity index (χ0) is 16.7. The highest BCUT2D eigenvalue weighted by atomic mass is 32.1. The van der Waals surface area contributed by atoms with Gasteiger partial charge < -0.3 is 5.32 Å². The second kappa shape index (κ2) is 5.57. The molecule has 0 radical (unpaired) electrons. The molecular weight excluding hydrogens is 326 g/mol. The number of hydrogen-bond donors (Lipinski definition) is 1. The van der Waals surface area contributed by atoms with E-state index in [9.17, 15) is 9.59 Å². The minimum absolute atomic E-state index is 0.157. The average Bonchev–Trinajstić information content (AvgIpc) is 3.08. The van der Waals surface area contributed by atoms with E-state index in [0.29, 0.717) is 10.8 Å². The molecule has 0 unspecified atom stereocenters. The lowest BCUT2D eigenvalue weighted by molar-refractivity contribution is -0.117. The van der Waals surface area contributed by atoms with Crippen molar-refractivity contribution in [2.24, 2.45) is 0 Å². The molecule has 1 N–H and O–H groups in total. The quantitative estimate of drug-likeness (QED) is 0.619. The number of rotatable bonds is 3. The fourth-order valence-electron chi connectivity index (χ4n) is 2.45. The molecule has 0 saturated heterocycles. The number of hydrogen-bond acceptors (Lipinski definition) is 5. The van der Waals surface area contributed by atoms with E-state index in [2.05, 4.69) is 15.4 Å². The van der Waals surface area contributed by atoms with Crippen LogP contribution in [-0.4, -0.2) is 25.1 Å². The molecule has 4 aromatic rings. The van der Waals surface area contributed by atoms with Crippen molar-refractivity contribution in [3.63, 3.8) is 0 Å². The van der Waals surface area contributed by atoms with Crippen molar-refractivity contribution in [3.05, 3.63) is 58.6 Å². The highest BCUT2D eigenvalue weighted by Gasteiger charge is 2.12. The summed E-state index contributed by atoms with van der Waals surface area (Å²) in [7, 11) is 0. The molecule has 8 heteroatoms. The number of nitrogens with zero attached hydrogens (tertiary/aromatic N) is 4. The fraction of sp³-hybridized carbons (Fsp3) is 0.125. The number of carbonyl (C=O) groups is 1. The number of amides is 1. The van der Waals surface area contributed by atoms with Crippen LogP contribution in [0.5, 0.6) is 0 Å². The largest absolute Gasteiger partial charge is 0.350 e. The van der Waals surface area contributed by atoms with Gasteiger partial charge in [0.2, 0.25) is 5.91 Å². The Hall–Kier alpha value is -3.00. The molecule has 0 saturated carbocycles. The molecule has 0 atom stereocenters. The Bertz CT molecular complexity index is 1120. The maximum Gasteiger partial charge on any atom is 0.350 e. The van der Waals surface area contributed by atoms with Gasteiger partial charge in [0, 0.05) is 6.20 Å². The SMILES string of the molecule is Cc1ccc2nc(NC(=O)Cn3nc4ccccn4c3=O)sc2c1. The molecule has 0 spiro atoms. The first-order chi connectivity index (χ1) is 11.6. The summed E-state index contributed by atoms with van der Waals surface area (Å²) >= 11 is 1.40. The van der Waals surface area contributed by atoms with E-state index >= 15 is 0 Å². The number of benzene rings is 1. The maximum atomic E-state index is 12.2. The van der Waals surface area contributed by atoms with Gasteiger partial charge in [-0.25, -0.2) is 14.5 Å². The molecule has 0 aliphatic heterocycles. The van der Waals surface area contributed by atoms with E-state index in [1.807, 2.05) is 25.1 Å². The van der Waals surface area contributed by atoms with Crippen molar-refractivity contribution in [2.45, 2.75) is 13.5 Å². The first-order valence-electron chi connectivity index (χ1n) is 7.31. The minimum Gasteiger partial charge on any atom is -0.300 e. The second-order valence-corrected chi connectivity index (χ2v) is 6.44. The third-order valence-electron chi connectivity index (χ3n) is 3.57. The summed E-state index contributed by atoms with van der Waals surface area (Å²) < 4.78 is 3.55. The van der Waals surface area contributed by atoms with Gasteiger partial charge >= 0.3 is 5.69 Å². The Labute approximate surface area is 140 Å². The molecule has 0 bridgehead atoms. The van der Waals surface area contributed by atoms with Gasteiger partial charge in [-0.1, -0.05) is 23.5 Å². The lowest BCUT2D eigenvalue weighted by atomic mass is 10.2. The number of carbonyl (C=O) groups excluding carboxylic acids is 1. The van der Waals surface area contributed by atoms with E-state index in [4.69, 9.17) is 0 Å². The lowest BCUT2D eigenvalue weighted by Crippen LogP contribution is -2.28. The van der Waals surface area contributed by atoms with E-state index < -0.39 is 0 Å². The van der Waals surface area contributed by atoms with Crippen molar-refractivity contribution in [1.29, 1.82) is 0 Å². The Morgan fingerprint density at radius 1 is 1.29 bits per heavy atom. The Balaban J connectivity index is 1.56. The van der Waals surface area contributed by atoms with Crippen molar-refractivity contribution < 1.29 is 4.79 Å². The summed E-state index contributed by atoms with van der Waals surface area (Å²) in [6, 6.07) is 11.2. The molecule has 7 nitrogen and oxygen atoms in total. The summed E-state index contributed by atoms with van der Waals surface area (Å²) in [6.07, 6.45) is 1.62. The van der Waals surface area contributed by atoms with Crippen LogP contribution >= 0.6 is 11.3 Å².